The summed E-state index contributed by atoms with van der Waals surface area (Å²) in [5, 5.41) is 5.94. The van der Waals surface area contributed by atoms with Crippen molar-refractivity contribution in [2.75, 3.05) is 18.5 Å². The molecule has 0 unspecified atom stereocenters. The van der Waals surface area contributed by atoms with Crippen LogP contribution in [0.25, 0.3) is 0 Å². The minimum Gasteiger partial charge on any atom is -0.494 e. The standard InChI is InChI=1S/C25H26N2O3S/c1-2-16-29-21-12-8-11-20(18-21)26-25(31)27-24(28)22-13-6-7-14-23(22)30-17-15-19-9-4-3-5-10-19/h3-14,18H,2,15-17H2,1H3,(H2,26,27,28,31). The fourth-order valence-electron chi connectivity index (χ4n) is 2.92. The monoisotopic (exact) mass is 434 g/mol. The summed E-state index contributed by atoms with van der Waals surface area (Å²) < 4.78 is 11.5. The van der Waals surface area contributed by atoms with E-state index in [1.54, 1.807) is 18.2 Å². The Morgan fingerprint density at radius 2 is 1.68 bits per heavy atom. The van der Waals surface area contributed by atoms with Crippen molar-refractivity contribution in [3.8, 4) is 11.5 Å². The van der Waals surface area contributed by atoms with Gasteiger partial charge in [-0.15, -0.1) is 0 Å². The SMILES string of the molecule is CCCOc1cccc(NC(=S)NC(=O)c2ccccc2OCCc2ccccc2)c1. The fourth-order valence-corrected chi connectivity index (χ4v) is 3.13. The van der Waals surface area contributed by atoms with Gasteiger partial charge in [0.15, 0.2) is 5.11 Å². The molecule has 0 heterocycles. The Morgan fingerprint density at radius 3 is 2.48 bits per heavy atom. The molecule has 5 nitrogen and oxygen atoms in total. The van der Waals surface area contributed by atoms with Gasteiger partial charge < -0.3 is 14.8 Å². The molecule has 0 aliphatic heterocycles. The van der Waals surface area contributed by atoms with Gasteiger partial charge in [0.25, 0.3) is 5.91 Å². The van der Waals surface area contributed by atoms with Gasteiger partial charge in [0.05, 0.1) is 18.8 Å². The van der Waals surface area contributed by atoms with Gasteiger partial charge in [-0.2, -0.15) is 0 Å². The van der Waals surface area contributed by atoms with Crippen molar-refractivity contribution in [3.05, 3.63) is 90.0 Å². The van der Waals surface area contributed by atoms with E-state index < -0.39 is 0 Å². The Hall–Kier alpha value is -3.38. The molecular formula is C25H26N2O3S. The quantitative estimate of drug-likeness (QED) is 0.452. The largest absolute Gasteiger partial charge is 0.494 e. The second kappa shape index (κ2) is 11.7. The zero-order valence-electron chi connectivity index (χ0n) is 17.5. The smallest absolute Gasteiger partial charge is 0.261 e. The molecule has 3 aromatic rings. The van der Waals surface area contributed by atoms with Crippen LogP contribution in [0.15, 0.2) is 78.9 Å². The predicted molar refractivity (Wildman–Crippen MR) is 128 cm³/mol. The van der Waals surface area contributed by atoms with Crippen LogP contribution in [0.2, 0.25) is 0 Å². The first-order valence-electron chi connectivity index (χ1n) is 10.3. The zero-order valence-corrected chi connectivity index (χ0v) is 18.3. The van der Waals surface area contributed by atoms with Gasteiger partial charge in [0.1, 0.15) is 11.5 Å². The second-order valence-corrected chi connectivity index (χ2v) is 7.27. The highest BCUT2D eigenvalue weighted by Gasteiger charge is 2.14. The molecule has 0 radical (unpaired) electrons. The van der Waals surface area contributed by atoms with Crippen LogP contribution in [0, 0.1) is 0 Å². The summed E-state index contributed by atoms with van der Waals surface area (Å²) in [6.45, 7) is 3.17. The van der Waals surface area contributed by atoms with Crippen LogP contribution in [-0.4, -0.2) is 24.2 Å². The molecule has 0 spiro atoms. The summed E-state index contributed by atoms with van der Waals surface area (Å²) in [6.07, 6.45) is 1.69. The molecular weight excluding hydrogens is 408 g/mol. The molecule has 2 N–H and O–H groups in total. The maximum Gasteiger partial charge on any atom is 0.261 e. The normalized spacial score (nSPS) is 10.2. The number of nitrogens with one attached hydrogen (secondary N) is 2. The van der Waals surface area contributed by atoms with Crippen LogP contribution in [0.5, 0.6) is 11.5 Å². The molecule has 0 aliphatic rings. The first-order valence-corrected chi connectivity index (χ1v) is 10.7. The lowest BCUT2D eigenvalue weighted by Crippen LogP contribution is -2.34. The number of carbonyl (C=O) groups is 1. The van der Waals surface area contributed by atoms with Gasteiger partial charge in [-0.05, 0) is 48.5 Å². The lowest BCUT2D eigenvalue weighted by Gasteiger charge is -2.14. The summed E-state index contributed by atoms with van der Waals surface area (Å²) >= 11 is 5.31. The van der Waals surface area contributed by atoms with Crippen molar-refractivity contribution < 1.29 is 14.3 Å². The van der Waals surface area contributed by atoms with Crippen LogP contribution in [-0.2, 0) is 6.42 Å². The number of benzene rings is 3. The maximum atomic E-state index is 12.8. The van der Waals surface area contributed by atoms with Gasteiger partial charge in [0, 0.05) is 18.2 Å². The second-order valence-electron chi connectivity index (χ2n) is 6.86. The Balaban J connectivity index is 1.57. The Labute approximate surface area is 188 Å². The van der Waals surface area contributed by atoms with E-state index in [-0.39, 0.29) is 11.0 Å². The summed E-state index contributed by atoms with van der Waals surface area (Å²) in [5.41, 5.74) is 2.35. The topological polar surface area (TPSA) is 59.6 Å². The third-order valence-corrected chi connectivity index (χ3v) is 4.62. The molecule has 0 bridgehead atoms. The average molecular weight is 435 g/mol. The van der Waals surface area contributed by atoms with E-state index >= 15 is 0 Å². The third kappa shape index (κ3) is 7.12. The molecule has 0 saturated carbocycles. The molecule has 0 fully saturated rings. The van der Waals surface area contributed by atoms with Crippen LogP contribution in [0.4, 0.5) is 5.69 Å². The van der Waals surface area contributed by atoms with Crippen molar-refractivity contribution >= 4 is 28.9 Å². The number of hydrogen-bond donors (Lipinski definition) is 2. The number of rotatable bonds is 9. The van der Waals surface area contributed by atoms with Crippen LogP contribution < -0.4 is 20.1 Å². The molecule has 0 atom stereocenters. The highest BCUT2D eigenvalue weighted by atomic mass is 32.1. The molecule has 160 valence electrons. The molecule has 3 rings (SSSR count). The highest BCUT2D eigenvalue weighted by molar-refractivity contribution is 7.80. The Kier molecular flexibility index (Phi) is 8.43. The number of anilines is 1. The van der Waals surface area contributed by atoms with Gasteiger partial charge in [0.2, 0.25) is 0 Å². The van der Waals surface area contributed by atoms with E-state index in [2.05, 4.69) is 17.6 Å². The van der Waals surface area contributed by atoms with E-state index in [4.69, 9.17) is 21.7 Å². The van der Waals surface area contributed by atoms with Crippen LogP contribution in [0.1, 0.15) is 29.3 Å². The van der Waals surface area contributed by atoms with Crippen molar-refractivity contribution in [1.29, 1.82) is 0 Å². The lowest BCUT2D eigenvalue weighted by molar-refractivity contribution is 0.0974. The number of thiocarbonyl (C=S) groups is 1. The van der Waals surface area contributed by atoms with Gasteiger partial charge in [-0.25, -0.2) is 0 Å². The number of carbonyl (C=O) groups excluding carboxylic acids is 1. The molecule has 0 aromatic heterocycles. The van der Waals surface area contributed by atoms with E-state index in [9.17, 15) is 4.79 Å². The molecule has 6 heteroatoms. The molecule has 31 heavy (non-hydrogen) atoms. The minimum absolute atomic E-state index is 0.205. The lowest BCUT2D eigenvalue weighted by atomic mass is 10.1. The predicted octanol–water partition coefficient (Wildman–Crippen LogP) is 5.22. The summed E-state index contributed by atoms with van der Waals surface area (Å²) in [6, 6.07) is 24.7. The van der Waals surface area contributed by atoms with Crippen LogP contribution in [0.3, 0.4) is 0 Å². The van der Waals surface area contributed by atoms with Gasteiger partial charge in [-0.1, -0.05) is 55.5 Å². The number of ether oxygens (including phenoxy) is 2. The average Bonchev–Trinajstić information content (AvgIpc) is 2.79. The van der Waals surface area contributed by atoms with Crippen LogP contribution >= 0.6 is 12.2 Å². The van der Waals surface area contributed by atoms with E-state index in [0.29, 0.717) is 24.5 Å². The molecule has 1 amide bonds. The number of hydrogen-bond acceptors (Lipinski definition) is 4. The first kappa shape index (κ1) is 22.3. The fraction of sp³-hybridized carbons (Fsp3) is 0.200. The maximum absolute atomic E-state index is 12.8. The Morgan fingerprint density at radius 1 is 0.903 bits per heavy atom. The van der Waals surface area contributed by atoms with E-state index in [1.807, 2.05) is 60.7 Å². The van der Waals surface area contributed by atoms with E-state index in [1.165, 1.54) is 5.56 Å². The van der Waals surface area contributed by atoms with Crippen molar-refractivity contribution in [2.24, 2.45) is 0 Å². The molecule has 0 aliphatic carbocycles. The Bertz CT molecular complexity index is 1010. The third-order valence-electron chi connectivity index (χ3n) is 4.41. The highest BCUT2D eigenvalue weighted by Crippen LogP contribution is 2.19. The van der Waals surface area contributed by atoms with Gasteiger partial charge >= 0.3 is 0 Å². The van der Waals surface area contributed by atoms with Crippen molar-refractivity contribution in [3.63, 3.8) is 0 Å². The first-order chi connectivity index (χ1) is 15.2. The minimum atomic E-state index is -0.328. The zero-order chi connectivity index (χ0) is 21.9. The summed E-state index contributed by atoms with van der Waals surface area (Å²) in [5.74, 6) is 0.943. The van der Waals surface area contributed by atoms with Gasteiger partial charge in [-0.3, -0.25) is 10.1 Å². The summed E-state index contributed by atoms with van der Waals surface area (Å²) in [7, 11) is 0. The molecule has 3 aromatic carbocycles. The summed E-state index contributed by atoms with van der Waals surface area (Å²) in [4.78, 5) is 12.8. The number of amides is 1. The van der Waals surface area contributed by atoms with E-state index in [0.717, 1.165) is 24.3 Å². The molecule has 0 saturated heterocycles. The van der Waals surface area contributed by atoms with Crippen molar-refractivity contribution in [1.82, 2.24) is 5.32 Å². The number of para-hydroxylation sites is 1. The van der Waals surface area contributed by atoms with Crippen molar-refractivity contribution in [2.45, 2.75) is 19.8 Å².